The number of benzene rings is 1. The van der Waals surface area contributed by atoms with Crippen molar-refractivity contribution in [1.82, 2.24) is 9.78 Å². The number of nitrogens with one attached hydrogen (secondary N) is 1. The first kappa shape index (κ1) is 11.0. The summed E-state index contributed by atoms with van der Waals surface area (Å²) in [5, 5.41) is 17.4. The number of hydrogen-bond donors (Lipinski definition) is 2. The molecular weight excluding hydrogens is 202 g/mol. The van der Waals surface area contributed by atoms with Gasteiger partial charge in [0.05, 0.1) is 11.7 Å². The molecule has 0 spiro atoms. The van der Waals surface area contributed by atoms with Crippen molar-refractivity contribution in [2.75, 3.05) is 19.0 Å². The van der Waals surface area contributed by atoms with Crippen LogP contribution in [0.4, 0.5) is 5.69 Å². The summed E-state index contributed by atoms with van der Waals surface area (Å²) in [5.41, 5.74) is 2.24. The minimum absolute atomic E-state index is 0.251. The Labute approximate surface area is 94.9 Å². The molecule has 0 amide bonds. The molecule has 4 nitrogen and oxygen atoms in total. The smallest absolute Gasteiger partial charge is 0.0702 e. The van der Waals surface area contributed by atoms with Crippen molar-refractivity contribution in [1.29, 1.82) is 0 Å². The highest BCUT2D eigenvalue weighted by molar-refractivity contribution is 5.82. The molecule has 0 aliphatic carbocycles. The van der Waals surface area contributed by atoms with Crippen LogP contribution in [0.15, 0.2) is 24.4 Å². The molecule has 2 aromatic rings. The van der Waals surface area contributed by atoms with E-state index in [0.29, 0.717) is 0 Å². The van der Waals surface area contributed by atoms with Crippen LogP contribution in [-0.4, -0.2) is 28.5 Å². The lowest BCUT2D eigenvalue weighted by Crippen LogP contribution is -2.01. The standard InChI is InChI=1S/C12H17N3O/c1-13-11-5-4-10-9-14-15(12(10)8-11)6-2-3-7-16/h4-5,8-9,13,16H,2-3,6-7H2,1H3. The Morgan fingerprint density at radius 1 is 1.38 bits per heavy atom. The third kappa shape index (κ3) is 2.17. The van der Waals surface area contributed by atoms with Gasteiger partial charge in [0.15, 0.2) is 0 Å². The summed E-state index contributed by atoms with van der Waals surface area (Å²) in [6.45, 7) is 1.11. The molecule has 0 saturated carbocycles. The van der Waals surface area contributed by atoms with Gasteiger partial charge in [-0.3, -0.25) is 4.68 Å². The predicted molar refractivity (Wildman–Crippen MR) is 65.6 cm³/mol. The number of rotatable bonds is 5. The molecule has 1 aromatic carbocycles. The molecule has 1 aromatic heterocycles. The van der Waals surface area contributed by atoms with Crippen molar-refractivity contribution < 1.29 is 5.11 Å². The molecule has 0 unspecified atom stereocenters. The molecule has 1 heterocycles. The normalized spacial score (nSPS) is 10.9. The van der Waals surface area contributed by atoms with Crippen molar-refractivity contribution in [3.8, 4) is 0 Å². The Morgan fingerprint density at radius 2 is 2.25 bits per heavy atom. The highest BCUT2D eigenvalue weighted by Gasteiger charge is 2.02. The zero-order valence-corrected chi connectivity index (χ0v) is 9.48. The maximum Gasteiger partial charge on any atom is 0.0702 e. The van der Waals surface area contributed by atoms with Gasteiger partial charge in [0.25, 0.3) is 0 Å². The molecule has 0 saturated heterocycles. The van der Waals surface area contributed by atoms with Gasteiger partial charge >= 0.3 is 0 Å². The highest BCUT2D eigenvalue weighted by Crippen LogP contribution is 2.18. The lowest BCUT2D eigenvalue weighted by molar-refractivity contribution is 0.280. The van der Waals surface area contributed by atoms with Gasteiger partial charge in [0, 0.05) is 31.3 Å². The minimum atomic E-state index is 0.251. The Hall–Kier alpha value is -1.55. The van der Waals surface area contributed by atoms with E-state index in [1.54, 1.807) is 0 Å². The van der Waals surface area contributed by atoms with E-state index in [9.17, 15) is 0 Å². The average Bonchev–Trinajstić information content (AvgIpc) is 2.72. The lowest BCUT2D eigenvalue weighted by atomic mass is 10.2. The van der Waals surface area contributed by atoms with Crippen LogP contribution in [-0.2, 0) is 6.54 Å². The Kier molecular flexibility index (Phi) is 3.41. The van der Waals surface area contributed by atoms with Crippen LogP contribution in [0.3, 0.4) is 0 Å². The van der Waals surface area contributed by atoms with Gasteiger partial charge in [0.2, 0.25) is 0 Å². The quantitative estimate of drug-likeness (QED) is 0.754. The molecule has 4 heteroatoms. The van der Waals surface area contributed by atoms with Crippen molar-refractivity contribution >= 4 is 16.6 Å². The second kappa shape index (κ2) is 4.99. The Bertz CT molecular complexity index is 464. The minimum Gasteiger partial charge on any atom is -0.396 e. The van der Waals surface area contributed by atoms with E-state index in [-0.39, 0.29) is 6.61 Å². The molecule has 86 valence electrons. The largest absolute Gasteiger partial charge is 0.396 e. The van der Waals surface area contributed by atoms with Crippen LogP contribution in [0.1, 0.15) is 12.8 Å². The third-order valence-corrected chi connectivity index (χ3v) is 2.71. The van der Waals surface area contributed by atoms with Gasteiger partial charge < -0.3 is 10.4 Å². The summed E-state index contributed by atoms with van der Waals surface area (Å²) >= 11 is 0. The Balaban J connectivity index is 2.24. The number of aliphatic hydroxyl groups excluding tert-OH is 1. The van der Waals surface area contributed by atoms with Crippen LogP contribution in [0.25, 0.3) is 10.9 Å². The summed E-state index contributed by atoms with van der Waals surface area (Å²) in [6.07, 6.45) is 3.66. The van der Waals surface area contributed by atoms with Gasteiger partial charge in [-0.05, 0) is 31.0 Å². The molecule has 0 radical (unpaired) electrons. The zero-order chi connectivity index (χ0) is 11.4. The fourth-order valence-corrected chi connectivity index (χ4v) is 1.78. The van der Waals surface area contributed by atoms with Gasteiger partial charge in [-0.2, -0.15) is 5.10 Å². The van der Waals surface area contributed by atoms with Crippen molar-refractivity contribution in [2.45, 2.75) is 19.4 Å². The molecule has 16 heavy (non-hydrogen) atoms. The van der Waals surface area contributed by atoms with E-state index < -0.39 is 0 Å². The van der Waals surface area contributed by atoms with E-state index in [4.69, 9.17) is 5.11 Å². The van der Waals surface area contributed by atoms with Gasteiger partial charge in [-0.25, -0.2) is 0 Å². The van der Waals surface area contributed by atoms with Crippen molar-refractivity contribution in [3.05, 3.63) is 24.4 Å². The SMILES string of the molecule is CNc1ccc2cnn(CCCCO)c2c1. The second-order valence-corrected chi connectivity index (χ2v) is 3.82. The molecule has 2 rings (SSSR count). The van der Waals surface area contributed by atoms with Crippen LogP contribution < -0.4 is 5.32 Å². The van der Waals surface area contributed by atoms with Crippen LogP contribution in [0, 0.1) is 0 Å². The summed E-state index contributed by atoms with van der Waals surface area (Å²) in [7, 11) is 1.91. The monoisotopic (exact) mass is 219 g/mol. The molecule has 0 atom stereocenters. The maximum atomic E-state index is 8.75. The molecule has 0 bridgehead atoms. The van der Waals surface area contributed by atoms with Gasteiger partial charge in [0.1, 0.15) is 0 Å². The first-order valence-corrected chi connectivity index (χ1v) is 5.59. The Morgan fingerprint density at radius 3 is 3.00 bits per heavy atom. The fraction of sp³-hybridized carbons (Fsp3) is 0.417. The maximum absolute atomic E-state index is 8.75. The van der Waals surface area contributed by atoms with Crippen molar-refractivity contribution in [2.24, 2.45) is 0 Å². The summed E-state index contributed by atoms with van der Waals surface area (Å²) in [5.74, 6) is 0. The first-order chi connectivity index (χ1) is 7.85. The van der Waals surface area contributed by atoms with E-state index in [2.05, 4.69) is 22.5 Å². The number of anilines is 1. The highest BCUT2D eigenvalue weighted by atomic mass is 16.2. The predicted octanol–water partition coefficient (Wildman–Crippen LogP) is 1.85. The number of aryl methyl sites for hydroxylation is 1. The number of fused-ring (bicyclic) bond motifs is 1. The average molecular weight is 219 g/mol. The fourth-order valence-electron chi connectivity index (χ4n) is 1.78. The van der Waals surface area contributed by atoms with Crippen LogP contribution in [0.5, 0.6) is 0 Å². The zero-order valence-electron chi connectivity index (χ0n) is 9.48. The first-order valence-electron chi connectivity index (χ1n) is 5.59. The van der Waals surface area contributed by atoms with E-state index in [1.165, 1.54) is 0 Å². The molecule has 0 aliphatic rings. The summed E-state index contributed by atoms with van der Waals surface area (Å²) in [4.78, 5) is 0. The second-order valence-electron chi connectivity index (χ2n) is 3.82. The van der Waals surface area contributed by atoms with Gasteiger partial charge in [-0.15, -0.1) is 0 Å². The van der Waals surface area contributed by atoms with E-state index in [0.717, 1.165) is 36.0 Å². The lowest BCUT2D eigenvalue weighted by Gasteiger charge is -2.04. The van der Waals surface area contributed by atoms with Crippen molar-refractivity contribution in [3.63, 3.8) is 0 Å². The number of unbranched alkanes of at least 4 members (excludes halogenated alkanes) is 1. The summed E-state index contributed by atoms with van der Waals surface area (Å²) < 4.78 is 1.99. The topological polar surface area (TPSA) is 50.1 Å². The number of aromatic nitrogens is 2. The van der Waals surface area contributed by atoms with E-state index >= 15 is 0 Å². The summed E-state index contributed by atoms with van der Waals surface area (Å²) in [6, 6.07) is 6.21. The number of hydrogen-bond acceptors (Lipinski definition) is 3. The molecule has 0 aliphatic heterocycles. The van der Waals surface area contributed by atoms with Crippen LogP contribution in [0.2, 0.25) is 0 Å². The molecular formula is C12H17N3O. The molecule has 0 fully saturated rings. The molecule has 2 N–H and O–H groups in total. The van der Waals surface area contributed by atoms with Crippen LogP contribution >= 0.6 is 0 Å². The third-order valence-electron chi connectivity index (χ3n) is 2.71. The van der Waals surface area contributed by atoms with E-state index in [1.807, 2.05) is 24.0 Å². The number of nitrogens with zero attached hydrogens (tertiary/aromatic N) is 2. The van der Waals surface area contributed by atoms with Gasteiger partial charge in [-0.1, -0.05) is 0 Å². The number of aliphatic hydroxyl groups is 1.